The lowest BCUT2D eigenvalue weighted by Crippen LogP contribution is -2.50. The van der Waals surface area contributed by atoms with Crippen molar-refractivity contribution >= 4 is 34.0 Å². The highest BCUT2D eigenvalue weighted by molar-refractivity contribution is 6.32. The molecule has 3 fully saturated rings. The van der Waals surface area contributed by atoms with Crippen molar-refractivity contribution in [2.45, 2.75) is 55.7 Å². The third kappa shape index (κ3) is 5.44. The van der Waals surface area contributed by atoms with Crippen LogP contribution >= 0.6 is 11.6 Å². The average molecular weight is 670 g/mol. The van der Waals surface area contributed by atoms with Crippen molar-refractivity contribution in [3.05, 3.63) is 28.5 Å². The maximum atomic E-state index is 16.8. The molecular weight excluding hydrogens is 637 g/mol. The number of fused-ring (bicyclic) bond motifs is 3. The Morgan fingerprint density at radius 2 is 2.04 bits per heavy atom. The number of pyridine rings is 1. The molecule has 0 spiro atoms. The first-order valence-electron chi connectivity index (χ1n) is 15.2. The third-order valence-electron chi connectivity index (χ3n) is 9.34. The van der Waals surface area contributed by atoms with Gasteiger partial charge in [-0.05, 0) is 38.6 Å². The maximum absolute atomic E-state index is 16.8. The Balaban J connectivity index is 1.44. The number of hydrogen-bond donors (Lipinski definition) is 2. The van der Waals surface area contributed by atoms with E-state index in [2.05, 4.69) is 20.2 Å². The van der Waals surface area contributed by atoms with Crippen molar-refractivity contribution in [1.82, 2.24) is 25.2 Å². The number of halogens is 6. The molecule has 0 aliphatic carbocycles. The largest absolute Gasteiger partial charge is 0.471 e. The van der Waals surface area contributed by atoms with E-state index in [4.69, 9.17) is 36.5 Å². The smallest absolute Gasteiger partial charge is 0.418 e. The lowest BCUT2D eigenvalue weighted by Gasteiger charge is -2.40. The number of alkyl halides is 4. The minimum atomic E-state index is -4.96. The van der Waals surface area contributed by atoms with Gasteiger partial charge in [-0.2, -0.15) is 23.1 Å². The van der Waals surface area contributed by atoms with Gasteiger partial charge in [0.25, 0.3) is 0 Å². The van der Waals surface area contributed by atoms with Gasteiger partial charge < -0.3 is 30.2 Å². The van der Waals surface area contributed by atoms with E-state index in [-0.39, 0.29) is 53.6 Å². The van der Waals surface area contributed by atoms with Crippen LogP contribution in [-0.4, -0.2) is 96.8 Å². The SMILES string of the molecule is CNCCN1c2nc(OC[C@@]34CCCN3C[C@H](F)C4)nc3c(F)c(-c4cc(N)cc(Cl)c4C(F)(F)F)nc(c23)OC2COCC1C2. The molecule has 7 rings (SSSR count). The molecule has 2 unspecified atom stereocenters. The second-order valence-electron chi connectivity index (χ2n) is 12.4. The first kappa shape index (κ1) is 31.3. The molecule has 16 heteroatoms. The van der Waals surface area contributed by atoms with Crippen LogP contribution in [0.15, 0.2) is 12.1 Å². The van der Waals surface area contributed by atoms with Crippen molar-refractivity contribution in [2.24, 2.45) is 0 Å². The first-order valence-corrected chi connectivity index (χ1v) is 15.6. The van der Waals surface area contributed by atoms with Crippen molar-refractivity contribution < 1.29 is 36.2 Å². The van der Waals surface area contributed by atoms with Crippen molar-refractivity contribution in [2.75, 3.05) is 63.7 Å². The van der Waals surface area contributed by atoms with Gasteiger partial charge in [-0.15, -0.1) is 0 Å². The molecule has 3 N–H and O–H groups in total. The van der Waals surface area contributed by atoms with Crippen LogP contribution < -0.4 is 25.4 Å². The van der Waals surface area contributed by atoms with E-state index in [9.17, 15) is 17.6 Å². The second kappa shape index (κ2) is 11.8. The molecule has 6 heterocycles. The Morgan fingerprint density at radius 1 is 1.22 bits per heavy atom. The zero-order chi connectivity index (χ0) is 32.4. The Kier molecular flexibility index (Phi) is 8.01. The number of nitrogens with one attached hydrogen (secondary N) is 1. The molecule has 0 amide bonds. The topological polar surface area (TPSA) is 111 Å². The molecule has 4 atom stereocenters. The summed E-state index contributed by atoms with van der Waals surface area (Å²) >= 11 is 6.03. The normalized spacial score (nSPS) is 26.2. The number of rotatable bonds is 7. The number of benzene rings is 1. The molecule has 2 bridgehead atoms. The Morgan fingerprint density at radius 3 is 2.83 bits per heavy atom. The fourth-order valence-electron chi connectivity index (χ4n) is 7.32. The molecule has 4 aliphatic rings. The number of hydrogen-bond acceptors (Lipinski definition) is 10. The van der Waals surface area contributed by atoms with E-state index in [1.807, 2.05) is 4.90 Å². The highest BCUT2D eigenvalue weighted by Crippen LogP contribution is 2.47. The standard InChI is InChI=1S/C30H33ClF5N7O3/c1-38-4-6-43-17-9-18(13-44-12-17)46-27-21-25(23(33)24(39-27)19-7-16(37)8-20(31)22(19)30(34,35)36)40-28(41-26(21)43)45-14-29-3-2-5-42(29)11-15(32)10-29/h7-8,15,17-18,38H,2-6,9-14,37H2,1H3/t15-,17?,18?,29+/m1/s1. The summed E-state index contributed by atoms with van der Waals surface area (Å²) in [7, 11) is 1.79. The van der Waals surface area contributed by atoms with Gasteiger partial charge in [0.05, 0.1) is 35.4 Å². The summed E-state index contributed by atoms with van der Waals surface area (Å²) in [4.78, 5) is 17.5. The van der Waals surface area contributed by atoms with Crippen LogP contribution in [0.2, 0.25) is 5.02 Å². The quantitative estimate of drug-likeness (QED) is 0.273. The molecular formula is C30H33ClF5N7O3. The van der Waals surface area contributed by atoms with Crippen LogP contribution in [0.5, 0.6) is 11.9 Å². The molecule has 0 radical (unpaired) electrons. The predicted molar refractivity (Wildman–Crippen MR) is 161 cm³/mol. The lowest BCUT2D eigenvalue weighted by atomic mass is 9.95. The highest BCUT2D eigenvalue weighted by atomic mass is 35.5. The zero-order valence-corrected chi connectivity index (χ0v) is 25.7. The van der Waals surface area contributed by atoms with E-state index in [1.165, 1.54) is 0 Å². The number of aromatic nitrogens is 3. The average Bonchev–Trinajstić information content (AvgIpc) is 3.52. The van der Waals surface area contributed by atoms with Crippen molar-refractivity contribution in [1.29, 1.82) is 0 Å². The molecule has 3 saturated heterocycles. The zero-order valence-electron chi connectivity index (χ0n) is 25.0. The lowest BCUT2D eigenvalue weighted by molar-refractivity contribution is -0.137. The van der Waals surface area contributed by atoms with Crippen LogP contribution in [0.1, 0.15) is 31.2 Å². The molecule has 2 aromatic heterocycles. The van der Waals surface area contributed by atoms with Crippen LogP contribution in [-0.2, 0) is 10.9 Å². The van der Waals surface area contributed by atoms with Gasteiger partial charge in [0.2, 0.25) is 5.88 Å². The van der Waals surface area contributed by atoms with Crippen LogP contribution in [0, 0.1) is 5.82 Å². The summed E-state index contributed by atoms with van der Waals surface area (Å²) < 4.78 is 92.4. The predicted octanol–water partition coefficient (Wildman–Crippen LogP) is 4.62. The number of nitrogen functional groups attached to an aromatic ring is 1. The van der Waals surface area contributed by atoms with Crippen molar-refractivity contribution in [3.63, 3.8) is 0 Å². The number of nitrogens with zero attached hydrogens (tertiary/aromatic N) is 5. The first-order chi connectivity index (χ1) is 22.0. The molecule has 1 aromatic carbocycles. The van der Waals surface area contributed by atoms with E-state index in [0.29, 0.717) is 39.1 Å². The van der Waals surface area contributed by atoms with Gasteiger partial charge in [0.15, 0.2) is 5.82 Å². The Hall–Kier alpha value is -3.27. The van der Waals surface area contributed by atoms with E-state index in [1.54, 1.807) is 7.05 Å². The summed E-state index contributed by atoms with van der Waals surface area (Å²) in [5.74, 6) is -1.06. The highest BCUT2D eigenvalue weighted by Gasteiger charge is 2.49. The van der Waals surface area contributed by atoms with E-state index in [0.717, 1.165) is 31.5 Å². The number of ether oxygens (including phenoxy) is 3. The van der Waals surface area contributed by atoms with Gasteiger partial charge in [-0.25, -0.2) is 13.8 Å². The Labute approximate surface area is 266 Å². The summed E-state index contributed by atoms with van der Waals surface area (Å²) in [6.45, 7) is 2.62. The van der Waals surface area contributed by atoms with Crippen molar-refractivity contribution in [3.8, 4) is 23.1 Å². The van der Waals surface area contributed by atoms with Gasteiger partial charge in [0.1, 0.15) is 41.3 Å². The van der Waals surface area contributed by atoms with Gasteiger partial charge in [0, 0.05) is 43.7 Å². The van der Waals surface area contributed by atoms with Gasteiger partial charge >= 0.3 is 12.2 Å². The summed E-state index contributed by atoms with van der Waals surface area (Å²) in [5, 5.41) is 2.50. The number of anilines is 2. The van der Waals surface area contributed by atoms with Gasteiger partial charge in [-0.3, -0.25) is 4.90 Å². The minimum Gasteiger partial charge on any atom is -0.471 e. The summed E-state index contributed by atoms with van der Waals surface area (Å²) in [6.07, 6.45) is -4.09. The Bertz CT molecular complexity index is 1670. The van der Waals surface area contributed by atoms with Crippen LogP contribution in [0.25, 0.3) is 22.2 Å². The molecule has 3 aromatic rings. The molecule has 4 aliphatic heterocycles. The summed E-state index contributed by atoms with van der Waals surface area (Å²) in [5.41, 5.74) is 2.25. The molecule has 248 valence electrons. The van der Waals surface area contributed by atoms with E-state index < -0.39 is 51.7 Å². The summed E-state index contributed by atoms with van der Waals surface area (Å²) in [6, 6.07) is 1.51. The molecule has 10 nitrogen and oxygen atoms in total. The fourth-order valence-corrected chi connectivity index (χ4v) is 7.65. The fraction of sp³-hybridized carbons (Fsp3) is 0.567. The van der Waals surface area contributed by atoms with Crippen LogP contribution in [0.4, 0.5) is 33.5 Å². The number of nitrogens with two attached hydrogens (primary N) is 1. The van der Waals surface area contributed by atoms with E-state index >= 15 is 4.39 Å². The minimum absolute atomic E-state index is 0.0649. The third-order valence-corrected chi connectivity index (χ3v) is 9.64. The van der Waals surface area contributed by atoms with Gasteiger partial charge in [-0.1, -0.05) is 11.6 Å². The second-order valence-corrected chi connectivity index (χ2v) is 12.8. The monoisotopic (exact) mass is 669 g/mol. The number of likely N-dealkylation sites (N-methyl/N-ethyl adjacent to an activating group) is 1. The maximum Gasteiger partial charge on any atom is 0.418 e. The molecule has 0 saturated carbocycles. The van der Waals surface area contributed by atoms with Crippen LogP contribution in [0.3, 0.4) is 0 Å². The molecule has 46 heavy (non-hydrogen) atoms.